The van der Waals surface area contributed by atoms with Crippen molar-refractivity contribution >= 4 is 53.3 Å². The minimum absolute atomic E-state index is 0.0113. The van der Waals surface area contributed by atoms with Crippen LogP contribution in [0.2, 0.25) is 0 Å². The first kappa shape index (κ1) is 27.4. The smallest absolute Gasteiger partial charge is 0.165 e. The van der Waals surface area contributed by atoms with Crippen molar-refractivity contribution in [1.82, 2.24) is 19.5 Å². The third-order valence-electron chi connectivity index (χ3n) is 10.4. The van der Waals surface area contributed by atoms with Crippen LogP contribution in [-0.4, -0.2) is 19.5 Å². The van der Waals surface area contributed by atoms with E-state index >= 15 is 0 Å². The zero-order valence-corrected chi connectivity index (χ0v) is 30.6. The molecule has 3 heterocycles. The van der Waals surface area contributed by atoms with Crippen LogP contribution < -0.4 is 0 Å². The van der Waals surface area contributed by atoms with E-state index in [0.717, 1.165) is 75.5 Å². The Morgan fingerprint density at radius 1 is 0.411 bits per heavy atom. The van der Waals surface area contributed by atoms with Gasteiger partial charge in [0.25, 0.3) is 0 Å². The van der Waals surface area contributed by atoms with Gasteiger partial charge in [0.1, 0.15) is 0 Å². The van der Waals surface area contributed by atoms with Gasteiger partial charge < -0.3 is 4.57 Å². The van der Waals surface area contributed by atoms with Gasteiger partial charge in [-0.15, -0.1) is 11.3 Å². The summed E-state index contributed by atoms with van der Waals surface area (Å²) in [6, 6.07) is 53.7. The number of rotatable bonds is 6. The summed E-state index contributed by atoms with van der Waals surface area (Å²) in [4.78, 5) is 15.3. The fourth-order valence-corrected chi connectivity index (χ4v) is 9.04. The third kappa shape index (κ3) is 5.40. The molecule has 262 valence electrons. The number of aromatic nitrogens is 4. The molecule has 0 radical (unpaired) electrons. The molecule has 0 aliphatic rings. The molecular formula is C51H32N4S. The van der Waals surface area contributed by atoms with Gasteiger partial charge in [0, 0.05) is 53.3 Å². The third-order valence-corrected chi connectivity index (χ3v) is 11.6. The lowest BCUT2D eigenvalue weighted by Crippen LogP contribution is -2.02. The van der Waals surface area contributed by atoms with Crippen molar-refractivity contribution in [2.45, 2.75) is 0 Å². The molecule has 0 amide bonds. The van der Waals surface area contributed by atoms with Gasteiger partial charge in [-0.05, 0) is 52.6 Å². The van der Waals surface area contributed by atoms with Gasteiger partial charge in [-0.25, -0.2) is 15.0 Å². The van der Waals surface area contributed by atoms with E-state index in [2.05, 4.69) is 95.6 Å². The van der Waals surface area contributed by atoms with Crippen molar-refractivity contribution in [2.75, 3.05) is 0 Å². The molecular weight excluding hydrogens is 701 g/mol. The molecule has 5 heteroatoms. The van der Waals surface area contributed by atoms with E-state index in [0.29, 0.717) is 17.2 Å². The standard InChI is InChI=1S/C51H32N4S/c1-4-16-33(17-5-1)36-28-29-41-43-31-37(55-45-26-14-12-23-39(45)40-24-13-15-27-46(40)55)32-44(48(43)56-47(41)30-36)51-53-49(35-20-8-3-9-21-35)52-50(54-51)42-25-11-10-22-38(42)34-18-6-2-7-19-34/h1-32H/i3D,8D,9D,20D,21D. The van der Waals surface area contributed by atoms with Crippen LogP contribution in [-0.2, 0) is 0 Å². The van der Waals surface area contributed by atoms with Gasteiger partial charge in [-0.3, -0.25) is 0 Å². The Labute approximate surface area is 334 Å². The number of thiophene rings is 1. The van der Waals surface area contributed by atoms with E-state index in [1.54, 1.807) is 11.3 Å². The van der Waals surface area contributed by atoms with E-state index in [1.807, 2.05) is 72.8 Å². The van der Waals surface area contributed by atoms with Crippen LogP contribution in [0, 0.1) is 0 Å². The zero-order chi connectivity index (χ0) is 41.4. The highest BCUT2D eigenvalue weighted by Gasteiger charge is 2.21. The van der Waals surface area contributed by atoms with E-state index in [9.17, 15) is 0 Å². The molecule has 0 aliphatic carbocycles. The number of nitrogens with zero attached hydrogens (tertiary/aromatic N) is 4. The van der Waals surface area contributed by atoms with Gasteiger partial charge >= 0.3 is 0 Å². The molecule has 0 atom stereocenters. The van der Waals surface area contributed by atoms with E-state index in [-0.39, 0.29) is 23.5 Å². The molecule has 11 rings (SSSR count). The largest absolute Gasteiger partial charge is 0.309 e. The summed E-state index contributed by atoms with van der Waals surface area (Å²) < 4.78 is 47.8. The molecule has 11 aromatic rings. The Morgan fingerprint density at radius 2 is 1.00 bits per heavy atom. The second-order valence-electron chi connectivity index (χ2n) is 13.6. The summed E-state index contributed by atoms with van der Waals surface area (Å²) in [5, 5.41) is 4.36. The lowest BCUT2D eigenvalue weighted by molar-refractivity contribution is 1.07. The first-order valence-electron chi connectivity index (χ1n) is 20.9. The quantitative estimate of drug-likeness (QED) is 0.171. The molecule has 0 unspecified atom stereocenters. The minimum Gasteiger partial charge on any atom is -0.309 e. The summed E-state index contributed by atoms with van der Waals surface area (Å²) in [5.74, 6) is 0.619. The summed E-state index contributed by atoms with van der Waals surface area (Å²) in [6.45, 7) is 0. The van der Waals surface area contributed by atoms with E-state index in [4.69, 9.17) is 21.8 Å². The van der Waals surface area contributed by atoms with Crippen LogP contribution in [0.3, 0.4) is 0 Å². The van der Waals surface area contributed by atoms with Crippen LogP contribution >= 0.6 is 11.3 Å². The minimum atomic E-state index is -0.483. The Bertz CT molecular complexity index is 3470. The molecule has 0 bridgehead atoms. The van der Waals surface area contributed by atoms with Crippen LogP contribution in [0.4, 0.5) is 0 Å². The maximum atomic E-state index is 9.00. The molecule has 0 aliphatic heterocycles. The Hall–Kier alpha value is -7.21. The summed E-state index contributed by atoms with van der Waals surface area (Å²) in [5.41, 5.74) is 8.42. The summed E-state index contributed by atoms with van der Waals surface area (Å²) in [6.07, 6.45) is 0. The molecule has 4 nitrogen and oxygen atoms in total. The van der Waals surface area contributed by atoms with Crippen LogP contribution in [0.25, 0.3) is 104 Å². The topological polar surface area (TPSA) is 43.6 Å². The highest BCUT2D eigenvalue weighted by atomic mass is 32.1. The number of fused-ring (bicyclic) bond motifs is 6. The highest BCUT2D eigenvalue weighted by Crippen LogP contribution is 2.44. The van der Waals surface area contributed by atoms with Crippen molar-refractivity contribution in [3.63, 3.8) is 0 Å². The van der Waals surface area contributed by atoms with Crippen molar-refractivity contribution in [2.24, 2.45) is 0 Å². The predicted molar refractivity (Wildman–Crippen MR) is 234 cm³/mol. The molecule has 56 heavy (non-hydrogen) atoms. The maximum absolute atomic E-state index is 9.00. The monoisotopic (exact) mass is 737 g/mol. The SMILES string of the molecule is [2H]c1c([2H])c([2H])c(-c2nc(-c3ccccc3-c3ccccc3)nc(-c3cc(-n4c5ccccc5c5ccccc54)cc4c3sc3cc(-c5ccccc5)ccc34)n2)c([2H])c1[2H]. The summed E-state index contributed by atoms with van der Waals surface area (Å²) in [7, 11) is 0. The Balaban J connectivity index is 1.26. The van der Waals surface area contributed by atoms with Crippen molar-refractivity contribution < 1.29 is 6.85 Å². The van der Waals surface area contributed by atoms with Gasteiger partial charge in [0.05, 0.1) is 17.9 Å². The predicted octanol–water partition coefficient (Wildman–Crippen LogP) is 13.7. The average Bonchev–Trinajstić information content (AvgIpc) is 3.86. The van der Waals surface area contributed by atoms with Gasteiger partial charge in [0.15, 0.2) is 17.5 Å². The first-order valence-corrected chi connectivity index (χ1v) is 19.2. The van der Waals surface area contributed by atoms with E-state index < -0.39 is 18.1 Å². The highest BCUT2D eigenvalue weighted by molar-refractivity contribution is 7.26. The Kier molecular flexibility index (Phi) is 6.49. The van der Waals surface area contributed by atoms with Crippen LogP contribution in [0.15, 0.2) is 194 Å². The fraction of sp³-hybridized carbons (Fsp3) is 0. The zero-order valence-electron chi connectivity index (χ0n) is 34.8. The fourth-order valence-electron chi connectivity index (χ4n) is 7.81. The van der Waals surface area contributed by atoms with E-state index in [1.165, 1.54) is 0 Å². The molecule has 0 fully saturated rings. The second kappa shape index (κ2) is 13.3. The molecule has 3 aromatic heterocycles. The number of hydrogen-bond donors (Lipinski definition) is 0. The average molecular weight is 738 g/mol. The molecule has 0 spiro atoms. The van der Waals surface area contributed by atoms with Crippen molar-refractivity contribution in [3.05, 3.63) is 194 Å². The van der Waals surface area contributed by atoms with Gasteiger partial charge in [-0.2, -0.15) is 0 Å². The molecule has 0 N–H and O–H groups in total. The number of hydrogen-bond acceptors (Lipinski definition) is 4. The first-order chi connectivity index (χ1) is 29.8. The van der Waals surface area contributed by atoms with Gasteiger partial charge in [-0.1, -0.05) is 164 Å². The normalized spacial score (nSPS) is 12.8. The maximum Gasteiger partial charge on any atom is 0.165 e. The Morgan fingerprint density at radius 3 is 1.71 bits per heavy atom. The van der Waals surface area contributed by atoms with Gasteiger partial charge in [0.2, 0.25) is 0 Å². The molecule has 0 saturated heterocycles. The second-order valence-corrected chi connectivity index (χ2v) is 14.7. The lowest BCUT2D eigenvalue weighted by atomic mass is 9.99. The number of benzene rings is 8. The summed E-state index contributed by atoms with van der Waals surface area (Å²) >= 11 is 1.65. The van der Waals surface area contributed by atoms with Crippen LogP contribution in [0.5, 0.6) is 0 Å². The molecule has 8 aromatic carbocycles. The van der Waals surface area contributed by atoms with Crippen molar-refractivity contribution in [1.29, 1.82) is 0 Å². The lowest BCUT2D eigenvalue weighted by Gasteiger charge is -2.14. The van der Waals surface area contributed by atoms with Crippen molar-refractivity contribution in [3.8, 4) is 62.1 Å². The van der Waals surface area contributed by atoms with Crippen LogP contribution in [0.1, 0.15) is 6.85 Å². The number of para-hydroxylation sites is 2. The molecule has 0 saturated carbocycles.